The van der Waals surface area contributed by atoms with Gasteiger partial charge in [0.25, 0.3) is 0 Å². The molecule has 0 spiro atoms. The van der Waals surface area contributed by atoms with Gasteiger partial charge >= 0.3 is 0 Å². The van der Waals surface area contributed by atoms with Gasteiger partial charge in [0, 0.05) is 69.6 Å². The van der Waals surface area contributed by atoms with Crippen LogP contribution in [0.5, 0.6) is 0 Å². The highest BCUT2D eigenvalue weighted by molar-refractivity contribution is 7.85. The van der Waals surface area contributed by atoms with Gasteiger partial charge in [0.15, 0.2) is 0 Å². The number of likely N-dealkylation sites (tertiary alicyclic amines) is 1. The van der Waals surface area contributed by atoms with Crippen LogP contribution in [0.3, 0.4) is 0 Å². The van der Waals surface area contributed by atoms with Crippen molar-refractivity contribution in [3.05, 3.63) is 35.5 Å². The molecule has 0 radical (unpaired) electrons. The van der Waals surface area contributed by atoms with Gasteiger partial charge in [-0.15, -0.1) is 0 Å². The van der Waals surface area contributed by atoms with Crippen molar-refractivity contribution in [2.24, 2.45) is 0 Å². The standard InChI is InChI=1S/C24H32N6O2S/c1-16-4-7-19(8-5-16)29-11-12-30(17(2)14-29)24-26-20-10-13-33(32)22(20)23(27-24)25-18-6-9-21(31)28(3)15-18/h4-5,7-8,17-18H,6,9-15H2,1-3H3,(H,25,26,27)/t17-,18-,33?/m0/s1. The van der Waals surface area contributed by atoms with Crippen molar-refractivity contribution in [3.8, 4) is 0 Å². The van der Waals surface area contributed by atoms with Crippen LogP contribution in [0.1, 0.15) is 31.0 Å². The summed E-state index contributed by atoms with van der Waals surface area (Å²) in [4.78, 5) is 28.9. The highest BCUT2D eigenvalue weighted by Crippen LogP contribution is 2.32. The smallest absolute Gasteiger partial charge is 0.227 e. The summed E-state index contributed by atoms with van der Waals surface area (Å²) in [6, 6.07) is 9.04. The lowest BCUT2D eigenvalue weighted by molar-refractivity contribution is -0.132. The van der Waals surface area contributed by atoms with Crippen LogP contribution in [0.15, 0.2) is 29.2 Å². The Morgan fingerprint density at radius 1 is 1.09 bits per heavy atom. The largest absolute Gasteiger partial charge is 0.368 e. The van der Waals surface area contributed by atoms with Crippen LogP contribution in [0.4, 0.5) is 17.5 Å². The highest BCUT2D eigenvalue weighted by Gasteiger charge is 2.32. The van der Waals surface area contributed by atoms with Gasteiger partial charge in [0.05, 0.1) is 16.5 Å². The second-order valence-corrected chi connectivity index (χ2v) is 10.9. The fourth-order valence-corrected chi connectivity index (χ4v) is 6.29. The molecule has 5 rings (SSSR count). The Morgan fingerprint density at radius 3 is 2.61 bits per heavy atom. The molecule has 176 valence electrons. The maximum absolute atomic E-state index is 12.7. The van der Waals surface area contributed by atoms with Gasteiger partial charge in [-0.2, -0.15) is 4.98 Å². The third-order valence-corrected chi connectivity index (χ3v) is 8.39. The van der Waals surface area contributed by atoms with Gasteiger partial charge in [0.1, 0.15) is 10.7 Å². The van der Waals surface area contributed by atoms with E-state index in [0.717, 1.165) is 36.6 Å². The first-order valence-electron chi connectivity index (χ1n) is 11.8. The number of rotatable bonds is 4. The van der Waals surface area contributed by atoms with Crippen LogP contribution < -0.4 is 15.1 Å². The molecule has 2 aromatic rings. The van der Waals surface area contributed by atoms with Crippen molar-refractivity contribution >= 4 is 34.2 Å². The summed E-state index contributed by atoms with van der Waals surface area (Å²) in [7, 11) is 0.754. The maximum atomic E-state index is 12.7. The number of amides is 1. The average Bonchev–Trinajstić information content (AvgIpc) is 3.17. The number of nitrogens with zero attached hydrogens (tertiary/aromatic N) is 5. The Bertz CT molecular complexity index is 1080. The number of carbonyl (C=O) groups is 1. The fourth-order valence-electron chi connectivity index (χ4n) is 4.98. The first-order valence-corrected chi connectivity index (χ1v) is 13.1. The number of likely N-dealkylation sites (N-methyl/N-ethyl adjacent to an activating group) is 1. The lowest BCUT2D eigenvalue weighted by atomic mass is 10.1. The van der Waals surface area contributed by atoms with Crippen LogP contribution in [0, 0.1) is 6.92 Å². The summed E-state index contributed by atoms with van der Waals surface area (Å²) in [5.41, 5.74) is 3.41. The topological polar surface area (TPSA) is 81.7 Å². The summed E-state index contributed by atoms with van der Waals surface area (Å²) >= 11 is 0. The van der Waals surface area contributed by atoms with E-state index in [-0.39, 0.29) is 18.0 Å². The summed E-state index contributed by atoms with van der Waals surface area (Å²) in [6.45, 7) is 7.58. The summed E-state index contributed by atoms with van der Waals surface area (Å²) in [6.07, 6.45) is 2.00. The summed E-state index contributed by atoms with van der Waals surface area (Å²) < 4.78 is 12.7. The van der Waals surface area contributed by atoms with Crippen LogP contribution in [-0.4, -0.2) is 76.0 Å². The number of benzene rings is 1. The number of carbonyl (C=O) groups excluding carboxylic acids is 1. The van der Waals surface area contributed by atoms with E-state index in [1.54, 1.807) is 4.90 Å². The molecule has 4 heterocycles. The molecular formula is C24H32N6O2S. The normalized spacial score (nSPS) is 25.4. The van der Waals surface area contributed by atoms with E-state index in [4.69, 9.17) is 9.97 Å². The van der Waals surface area contributed by atoms with Crippen molar-refractivity contribution in [2.75, 3.05) is 54.1 Å². The Hall–Kier alpha value is -2.68. The van der Waals surface area contributed by atoms with Gasteiger partial charge in [-0.25, -0.2) is 4.98 Å². The monoisotopic (exact) mass is 468 g/mol. The zero-order valence-electron chi connectivity index (χ0n) is 19.6. The van der Waals surface area contributed by atoms with Gasteiger partial charge in [0.2, 0.25) is 11.9 Å². The lowest BCUT2D eigenvalue weighted by Crippen LogP contribution is -2.53. The second kappa shape index (κ2) is 8.93. The molecule has 1 N–H and O–H groups in total. The molecule has 0 bridgehead atoms. The molecule has 1 unspecified atom stereocenters. The van der Waals surface area contributed by atoms with E-state index in [1.165, 1.54) is 11.3 Å². The van der Waals surface area contributed by atoms with E-state index in [9.17, 15) is 9.00 Å². The lowest BCUT2D eigenvalue weighted by Gasteiger charge is -2.41. The van der Waals surface area contributed by atoms with Crippen molar-refractivity contribution in [3.63, 3.8) is 0 Å². The molecule has 1 aromatic heterocycles. The summed E-state index contributed by atoms with van der Waals surface area (Å²) in [5, 5.41) is 3.52. The van der Waals surface area contributed by atoms with Gasteiger partial charge in [-0.05, 0) is 32.4 Å². The number of piperidine rings is 1. The first-order chi connectivity index (χ1) is 15.9. The molecule has 2 saturated heterocycles. The third kappa shape index (κ3) is 4.43. The Balaban J connectivity index is 1.37. The molecule has 3 atom stereocenters. The van der Waals surface area contributed by atoms with E-state index in [1.807, 2.05) is 7.05 Å². The SMILES string of the molecule is Cc1ccc(N2CCN(c3nc4c(c(N[C@H]5CCC(=O)N(C)C5)n3)S(=O)CC4)[C@@H](C)C2)cc1. The second-order valence-electron chi connectivity index (χ2n) is 9.43. The number of fused-ring (bicyclic) bond motifs is 1. The van der Waals surface area contributed by atoms with Crippen LogP contribution in [-0.2, 0) is 22.0 Å². The number of piperazine rings is 1. The highest BCUT2D eigenvalue weighted by atomic mass is 32.2. The fraction of sp³-hybridized carbons (Fsp3) is 0.542. The van der Waals surface area contributed by atoms with Gasteiger partial charge < -0.3 is 20.0 Å². The third-order valence-electron chi connectivity index (χ3n) is 6.93. The van der Waals surface area contributed by atoms with Crippen LogP contribution >= 0.6 is 0 Å². The van der Waals surface area contributed by atoms with Crippen molar-refractivity contribution in [1.82, 2.24) is 14.9 Å². The van der Waals surface area contributed by atoms with Crippen molar-refractivity contribution in [1.29, 1.82) is 0 Å². The molecule has 33 heavy (non-hydrogen) atoms. The number of hydrogen-bond acceptors (Lipinski definition) is 7. The first kappa shape index (κ1) is 22.1. The molecule has 3 aliphatic heterocycles. The number of hydrogen-bond donors (Lipinski definition) is 1. The number of aryl methyl sites for hydroxylation is 2. The molecule has 0 aliphatic carbocycles. The average molecular weight is 469 g/mol. The van der Waals surface area contributed by atoms with Gasteiger partial charge in [-0.3, -0.25) is 9.00 Å². The Morgan fingerprint density at radius 2 is 1.88 bits per heavy atom. The minimum absolute atomic E-state index is 0.105. The molecule has 2 fully saturated rings. The molecule has 8 nitrogen and oxygen atoms in total. The van der Waals surface area contributed by atoms with Crippen LogP contribution in [0.2, 0.25) is 0 Å². The summed E-state index contributed by atoms with van der Waals surface area (Å²) in [5.74, 6) is 2.17. The van der Waals surface area contributed by atoms with Gasteiger partial charge in [-0.1, -0.05) is 17.7 Å². The quantitative estimate of drug-likeness (QED) is 0.737. The van der Waals surface area contributed by atoms with Crippen molar-refractivity contribution < 1.29 is 9.00 Å². The molecule has 1 aromatic carbocycles. The molecule has 9 heteroatoms. The molecular weight excluding hydrogens is 436 g/mol. The number of aromatic nitrogens is 2. The predicted octanol–water partition coefficient (Wildman–Crippen LogP) is 2.20. The minimum Gasteiger partial charge on any atom is -0.368 e. The van der Waals surface area contributed by atoms with E-state index >= 15 is 0 Å². The minimum atomic E-state index is -1.08. The predicted molar refractivity (Wildman–Crippen MR) is 131 cm³/mol. The van der Waals surface area contributed by atoms with Crippen LogP contribution in [0.25, 0.3) is 0 Å². The zero-order valence-corrected chi connectivity index (χ0v) is 20.4. The zero-order chi connectivity index (χ0) is 23.1. The van der Waals surface area contributed by atoms with E-state index < -0.39 is 10.8 Å². The Labute approximate surface area is 197 Å². The number of nitrogens with one attached hydrogen (secondary N) is 1. The number of anilines is 3. The molecule has 3 aliphatic rings. The molecule has 1 amide bonds. The maximum Gasteiger partial charge on any atom is 0.227 e. The van der Waals surface area contributed by atoms with E-state index in [2.05, 4.69) is 53.2 Å². The Kier molecular flexibility index (Phi) is 5.99. The van der Waals surface area contributed by atoms with Crippen molar-refractivity contribution in [2.45, 2.75) is 50.1 Å². The molecule has 0 saturated carbocycles. The van der Waals surface area contributed by atoms with E-state index in [0.29, 0.717) is 36.9 Å².